The van der Waals surface area contributed by atoms with E-state index in [2.05, 4.69) is 87.9 Å². The van der Waals surface area contributed by atoms with Gasteiger partial charge in [0.05, 0.1) is 5.69 Å². The van der Waals surface area contributed by atoms with E-state index in [9.17, 15) is 4.79 Å². The minimum absolute atomic E-state index is 0.0589. The summed E-state index contributed by atoms with van der Waals surface area (Å²) in [5.41, 5.74) is 5.92. The Morgan fingerprint density at radius 1 is 0.917 bits per heavy atom. The Labute approximate surface area is 213 Å². The van der Waals surface area contributed by atoms with Crippen LogP contribution >= 0.6 is 0 Å². The van der Waals surface area contributed by atoms with Gasteiger partial charge in [-0.2, -0.15) is 0 Å². The van der Waals surface area contributed by atoms with Crippen molar-refractivity contribution in [3.05, 3.63) is 108 Å². The minimum atomic E-state index is -0.0589. The zero-order chi connectivity index (χ0) is 25.2. The van der Waals surface area contributed by atoms with Crippen LogP contribution in [0.15, 0.2) is 91.3 Å². The van der Waals surface area contributed by atoms with E-state index >= 15 is 0 Å². The molecule has 0 aliphatic heterocycles. The molecule has 0 aliphatic carbocycles. The molecule has 184 valence electrons. The summed E-state index contributed by atoms with van der Waals surface area (Å²) in [5, 5.41) is 6.33. The maximum Gasteiger partial charge on any atom is 0.251 e. The summed E-state index contributed by atoms with van der Waals surface area (Å²) in [4.78, 5) is 23.7. The molecular weight excluding hydrogens is 446 g/mol. The highest BCUT2D eigenvalue weighted by atomic mass is 16.1. The molecule has 0 unspecified atom stereocenters. The predicted molar refractivity (Wildman–Crippen MR) is 146 cm³/mol. The number of carbonyl (C=O) groups excluding carboxylic acids is 1. The number of nitrogens with zero attached hydrogens (tertiary/aromatic N) is 3. The van der Waals surface area contributed by atoms with Gasteiger partial charge < -0.3 is 10.6 Å². The Morgan fingerprint density at radius 3 is 2.39 bits per heavy atom. The first-order chi connectivity index (χ1) is 17.6. The number of hydrogen-bond acceptors (Lipinski definition) is 5. The maximum atomic E-state index is 12.6. The zero-order valence-corrected chi connectivity index (χ0v) is 20.9. The number of anilines is 2. The van der Waals surface area contributed by atoms with Crippen LogP contribution in [0.4, 0.5) is 11.5 Å². The molecule has 0 saturated carbocycles. The van der Waals surface area contributed by atoms with Crippen molar-refractivity contribution >= 4 is 17.4 Å². The van der Waals surface area contributed by atoms with Gasteiger partial charge in [-0.15, -0.1) is 0 Å². The monoisotopic (exact) mass is 479 g/mol. The van der Waals surface area contributed by atoms with Crippen molar-refractivity contribution in [1.29, 1.82) is 0 Å². The normalized spacial score (nSPS) is 10.9. The van der Waals surface area contributed by atoms with Gasteiger partial charge in [0.25, 0.3) is 5.91 Å². The van der Waals surface area contributed by atoms with Gasteiger partial charge in [-0.1, -0.05) is 67.1 Å². The van der Waals surface area contributed by atoms with Gasteiger partial charge in [-0.25, -0.2) is 9.97 Å². The van der Waals surface area contributed by atoms with Gasteiger partial charge in [-0.3, -0.25) is 9.69 Å². The highest BCUT2D eigenvalue weighted by molar-refractivity contribution is 5.94. The summed E-state index contributed by atoms with van der Waals surface area (Å²) in [7, 11) is 0. The van der Waals surface area contributed by atoms with E-state index in [1.165, 1.54) is 11.1 Å². The standard InChI is InChI=1S/C30H33N5O/c1-3-35(21-24-8-5-4-6-9-24)19-7-18-31-30(36)26-14-16-27(17-15-26)34-29-20-28(32-22-33-29)25-12-10-23(2)11-13-25/h4-6,8-17,20,22H,3,7,18-19,21H2,1-2H3,(H,31,36)(H,32,33,34). The molecule has 3 aromatic carbocycles. The van der Waals surface area contributed by atoms with Gasteiger partial charge in [-0.05, 0) is 49.7 Å². The number of rotatable bonds is 11. The van der Waals surface area contributed by atoms with Crippen LogP contribution in [0.25, 0.3) is 11.3 Å². The van der Waals surface area contributed by atoms with Gasteiger partial charge in [0.2, 0.25) is 0 Å². The summed E-state index contributed by atoms with van der Waals surface area (Å²) in [6, 6.07) is 28.1. The average molecular weight is 480 g/mol. The van der Waals surface area contributed by atoms with Crippen molar-refractivity contribution in [2.75, 3.05) is 25.0 Å². The molecule has 0 radical (unpaired) electrons. The molecule has 0 bridgehead atoms. The average Bonchev–Trinajstić information content (AvgIpc) is 2.92. The summed E-state index contributed by atoms with van der Waals surface area (Å²) >= 11 is 0. The molecule has 6 heteroatoms. The largest absolute Gasteiger partial charge is 0.352 e. The van der Waals surface area contributed by atoms with Crippen molar-refractivity contribution in [3.63, 3.8) is 0 Å². The van der Waals surface area contributed by atoms with Crippen LogP contribution in [0.1, 0.15) is 34.8 Å². The molecule has 1 aromatic heterocycles. The fourth-order valence-corrected chi connectivity index (χ4v) is 3.96. The summed E-state index contributed by atoms with van der Waals surface area (Å²) in [6.45, 7) is 7.73. The second kappa shape index (κ2) is 12.6. The predicted octanol–water partition coefficient (Wildman–Crippen LogP) is 5.84. The van der Waals surface area contributed by atoms with E-state index in [1.54, 1.807) is 6.33 Å². The second-order valence-electron chi connectivity index (χ2n) is 8.82. The number of carbonyl (C=O) groups is 1. The first kappa shape index (κ1) is 25.1. The highest BCUT2D eigenvalue weighted by Gasteiger charge is 2.08. The number of nitrogens with one attached hydrogen (secondary N) is 2. The Bertz CT molecular complexity index is 1240. The third-order valence-electron chi connectivity index (χ3n) is 6.07. The molecule has 6 nitrogen and oxygen atoms in total. The molecular formula is C30H33N5O. The van der Waals surface area contributed by atoms with Crippen LogP contribution in [0.3, 0.4) is 0 Å². The lowest BCUT2D eigenvalue weighted by atomic mass is 10.1. The van der Waals surface area contributed by atoms with E-state index in [1.807, 2.05) is 36.4 Å². The lowest BCUT2D eigenvalue weighted by Crippen LogP contribution is -2.29. The fraction of sp³-hybridized carbons (Fsp3) is 0.233. The molecule has 36 heavy (non-hydrogen) atoms. The Morgan fingerprint density at radius 2 is 1.67 bits per heavy atom. The van der Waals surface area contributed by atoms with Crippen molar-refractivity contribution in [2.45, 2.75) is 26.8 Å². The zero-order valence-electron chi connectivity index (χ0n) is 20.9. The molecule has 0 spiro atoms. The summed E-state index contributed by atoms with van der Waals surface area (Å²) in [6.07, 6.45) is 2.46. The Balaban J connectivity index is 1.25. The quantitative estimate of drug-likeness (QED) is 0.265. The molecule has 4 aromatic rings. The number of hydrogen-bond donors (Lipinski definition) is 2. The van der Waals surface area contributed by atoms with E-state index in [0.717, 1.165) is 43.0 Å². The molecule has 1 amide bonds. The summed E-state index contributed by atoms with van der Waals surface area (Å²) < 4.78 is 0. The number of aryl methyl sites for hydroxylation is 1. The smallest absolute Gasteiger partial charge is 0.251 e. The maximum absolute atomic E-state index is 12.6. The highest BCUT2D eigenvalue weighted by Crippen LogP contribution is 2.21. The molecule has 0 saturated heterocycles. The Kier molecular flexibility index (Phi) is 8.78. The molecule has 2 N–H and O–H groups in total. The number of amides is 1. The van der Waals surface area contributed by atoms with E-state index in [0.29, 0.717) is 17.9 Å². The minimum Gasteiger partial charge on any atom is -0.352 e. The lowest BCUT2D eigenvalue weighted by molar-refractivity contribution is 0.0951. The molecule has 0 aliphatic rings. The third-order valence-corrected chi connectivity index (χ3v) is 6.07. The Hall–Kier alpha value is -4.03. The van der Waals surface area contributed by atoms with Crippen LogP contribution in [0.5, 0.6) is 0 Å². The van der Waals surface area contributed by atoms with E-state index < -0.39 is 0 Å². The van der Waals surface area contributed by atoms with Gasteiger partial charge >= 0.3 is 0 Å². The van der Waals surface area contributed by atoms with Gasteiger partial charge in [0.1, 0.15) is 12.1 Å². The van der Waals surface area contributed by atoms with Gasteiger partial charge in [0, 0.05) is 42.5 Å². The fourth-order valence-electron chi connectivity index (χ4n) is 3.96. The number of benzene rings is 3. The van der Waals surface area contributed by atoms with E-state index in [-0.39, 0.29) is 5.91 Å². The molecule has 0 atom stereocenters. The van der Waals surface area contributed by atoms with Crippen molar-refractivity contribution in [1.82, 2.24) is 20.2 Å². The topological polar surface area (TPSA) is 70.2 Å². The summed E-state index contributed by atoms with van der Waals surface area (Å²) in [5.74, 6) is 0.644. The van der Waals surface area contributed by atoms with Crippen molar-refractivity contribution < 1.29 is 4.79 Å². The van der Waals surface area contributed by atoms with Crippen LogP contribution in [0, 0.1) is 6.92 Å². The molecule has 0 fully saturated rings. The SMILES string of the molecule is CCN(CCCNC(=O)c1ccc(Nc2cc(-c3ccc(C)cc3)ncn2)cc1)Cc1ccccc1. The van der Waals surface area contributed by atoms with Crippen molar-refractivity contribution in [2.24, 2.45) is 0 Å². The molecule has 1 heterocycles. The van der Waals surface area contributed by atoms with Crippen LogP contribution in [0.2, 0.25) is 0 Å². The van der Waals surface area contributed by atoms with Crippen LogP contribution in [-0.2, 0) is 6.54 Å². The van der Waals surface area contributed by atoms with Crippen molar-refractivity contribution in [3.8, 4) is 11.3 Å². The first-order valence-electron chi connectivity index (χ1n) is 12.4. The first-order valence-corrected chi connectivity index (χ1v) is 12.4. The van der Waals surface area contributed by atoms with Gasteiger partial charge in [0.15, 0.2) is 0 Å². The van der Waals surface area contributed by atoms with E-state index in [4.69, 9.17) is 0 Å². The van der Waals surface area contributed by atoms with Crippen LogP contribution < -0.4 is 10.6 Å². The molecule has 4 rings (SSSR count). The third kappa shape index (κ3) is 7.23. The van der Waals surface area contributed by atoms with Crippen LogP contribution in [-0.4, -0.2) is 40.4 Å². The number of aromatic nitrogens is 2. The second-order valence-corrected chi connectivity index (χ2v) is 8.82. The lowest BCUT2D eigenvalue weighted by Gasteiger charge is -2.20.